The van der Waals surface area contributed by atoms with Gasteiger partial charge in [-0.25, -0.2) is 8.99 Å². The van der Waals surface area contributed by atoms with Gasteiger partial charge in [-0.15, -0.1) is 0 Å². The molecule has 1 saturated carbocycles. The summed E-state index contributed by atoms with van der Waals surface area (Å²) in [5.41, 5.74) is 1.04. The molecule has 4 rings (SSSR count). The van der Waals surface area contributed by atoms with Crippen LogP contribution in [0.5, 0.6) is 17.2 Å². The molecule has 0 bridgehead atoms. The number of carbonyl (C=O) groups is 1. The average molecular weight is 471 g/mol. The molecule has 10 heteroatoms. The number of hydrogen-bond donors (Lipinski definition) is 2. The molecule has 1 unspecified atom stereocenters. The minimum Gasteiger partial charge on any atom is -0.496 e. The van der Waals surface area contributed by atoms with Gasteiger partial charge >= 0.3 is 0 Å². The monoisotopic (exact) mass is 470 g/mol. The summed E-state index contributed by atoms with van der Waals surface area (Å²) in [6.07, 6.45) is 6.37. The number of nitrogens with one attached hydrogen (secondary N) is 2. The second-order valence-corrected chi connectivity index (χ2v) is 9.40. The molecule has 9 nitrogen and oxygen atoms in total. The van der Waals surface area contributed by atoms with E-state index in [0.717, 1.165) is 24.8 Å². The second-order valence-electron chi connectivity index (χ2n) is 7.68. The Balaban J connectivity index is 1.59. The topological polar surface area (TPSA) is 116 Å². The van der Waals surface area contributed by atoms with Crippen molar-refractivity contribution >= 4 is 15.8 Å². The molecular formula is C23H26N4O5S. The van der Waals surface area contributed by atoms with Crippen molar-refractivity contribution in [2.45, 2.75) is 36.8 Å². The lowest BCUT2D eigenvalue weighted by Gasteiger charge is -2.28. The minimum absolute atomic E-state index is 0.00773. The van der Waals surface area contributed by atoms with Gasteiger partial charge in [-0.2, -0.15) is 5.10 Å². The minimum atomic E-state index is -3.79. The van der Waals surface area contributed by atoms with Gasteiger partial charge in [0.15, 0.2) is 14.8 Å². The summed E-state index contributed by atoms with van der Waals surface area (Å²) in [4.78, 5) is 13.0. The van der Waals surface area contributed by atoms with Crippen LogP contribution in [0.3, 0.4) is 0 Å². The van der Waals surface area contributed by atoms with Crippen LogP contribution in [-0.4, -0.2) is 40.2 Å². The molecule has 2 aromatic carbocycles. The molecule has 1 heterocycles. The highest BCUT2D eigenvalue weighted by atomic mass is 32.2. The third kappa shape index (κ3) is 4.95. The van der Waals surface area contributed by atoms with Crippen molar-refractivity contribution in [2.75, 3.05) is 14.2 Å². The average Bonchev–Trinajstić information content (AvgIpc) is 3.29. The van der Waals surface area contributed by atoms with Crippen LogP contribution in [0.25, 0.3) is 0 Å². The van der Waals surface area contributed by atoms with E-state index >= 15 is 0 Å². The lowest BCUT2D eigenvalue weighted by atomic mass is 9.96. The van der Waals surface area contributed by atoms with Crippen LogP contribution in [0, 0.1) is 4.78 Å². The predicted octanol–water partition coefficient (Wildman–Crippen LogP) is 3.63. The number of benzene rings is 2. The maximum Gasteiger partial charge on any atom is 0.263 e. The molecule has 2 N–H and O–H groups in total. The van der Waals surface area contributed by atoms with Gasteiger partial charge in [0, 0.05) is 23.5 Å². The highest BCUT2D eigenvalue weighted by Crippen LogP contribution is 2.36. The molecule has 1 aromatic heterocycles. The number of methoxy groups -OCH3 is 2. The van der Waals surface area contributed by atoms with Crippen molar-refractivity contribution in [2.24, 2.45) is 0 Å². The van der Waals surface area contributed by atoms with Gasteiger partial charge in [0.2, 0.25) is 0 Å². The first-order chi connectivity index (χ1) is 15.9. The smallest absolute Gasteiger partial charge is 0.263 e. The third-order valence-electron chi connectivity index (χ3n) is 5.47. The van der Waals surface area contributed by atoms with Gasteiger partial charge in [0.05, 0.1) is 26.9 Å². The lowest BCUT2D eigenvalue weighted by molar-refractivity contribution is 0.0981. The van der Waals surface area contributed by atoms with E-state index in [1.807, 2.05) is 12.3 Å². The highest BCUT2D eigenvalue weighted by Gasteiger charge is 2.28. The standard InChI is InChI=1S/C23H26N4O5S/c1-30-19-8-4-9-20(32-18-6-3-7-18)22(19)33(24,29)26-23(28)16-10-11-17(21(14-16)31-2)15-27-13-5-12-25-27/h4-5,8-14,18H,3,6-7,15H2,1-2H3,(H2,24,26,28,29). The molecule has 1 aliphatic rings. The Kier molecular flexibility index (Phi) is 6.55. The Labute approximate surface area is 192 Å². The first kappa shape index (κ1) is 22.7. The predicted molar refractivity (Wildman–Crippen MR) is 122 cm³/mol. The van der Waals surface area contributed by atoms with E-state index in [2.05, 4.69) is 9.82 Å². The number of hydrogen-bond acceptors (Lipinski definition) is 7. The van der Waals surface area contributed by atoms with E-state index in [4.69, 9.17) is 19.0 Å². The maximum absolute atomic E-state index is 13.4. The van der Waals surface area contributed by atoms with Crippen LogP contribution in [0.15, 0.2) is 59.8 Å². The fourth-order valence-electron chi connectivity index (χ4n) is 3.53. The molecule has 0 radical (unpaired) electrons. The summed E-state index contributed by atoms with van der Waals surface area (Å²) in [5, 5.41) is 4.18. The molecule has 0 aliphatic heterocycles. The first-order valence-electron chi connectivity index (χ1n) is 10.5. The molecule has 174 valence electrons. The highest BCUT2D eigenvalue weighted by molar-refractivity contribution is 7.91. The SMILES string of the molecule is COc1cc(C(=O)NS(=N)(=O)c2c(OC)cccc2OC2CCC2)ccc1Cn1cccn1. The molecule has 1 fully saturated rings. The van der Waals surface area contributed by atoms with Crippen LogP contribution < -0.4 is 18.9 Å². The quantitative estimate of drug-likeness (QED) is 0.493. The number of amides is 1. The first-order valence-corrected chi connectivity index (χ1v) is 12.1. The number of nitrogens with zero attached hydrogens (tertiary/aromatic N) is 2. The zero-order valence-corrected chi connectivity index (χ0v) is 19.3. The van der Waals surface area contributed by atoms with E-state index < -0.39 is 15.8 Å². The van der Waals surface area contributed by atoms with Gasteiger partial charge in [-0.3, -0.25) is 14.2 Å². The number of ether oxygens (including phenoxy) is 3. The van der Waals surface area contributed by atoms with E-state index in [1.54, 1.807) is 47.3 Å². The number of aromatic nitrogens is 2. The molecule has 1 amide bonds. The van der Waals surface area contributed by atoms with E-state index in [9.17, 15) is 9.00 Å². The summed E-state index contributed by atoms with van der Waals surface area (Å²) in [6.45, 7) is 0.469. The molecule has 3 aromatic rings. The third-order valence-corrected chi connectivity index (χ3v) is 6.92. The van der Waals surface area contributed by atoms with Crippen molar-refractivity contribution in [1.82, 2.24) is 14.5 Å². The lowest BCUT2D eigenvalue weighted by Crippen LogP contribution is -2.31. The Morgan fingerprint density at radius 3 is 2.55 bits per heavy atom. The van der Waals surface area contributed by atoms with Gasteiger partial charge in [-0.05, 0) is 49.6 Å². The Morgan fingerprint density at radius 2 is 1.91 bits per heavy atom. The summed E-state index contributed by atoms with van der Waals surface area (Å²) in [5.74, 6) is 0.325. The van der Waals surface area contributed by atoms with Crippen molar-refractivity contribution in [3.63, 3.8) is 0 Å². The van der Waals surface area contributed by atoms with Gasteiger partial charge < -0.3 is 14.2 Å². The Hall–Kier alpha value is -3.53. The van der Waals surface area contributed by atoms with Crippen LogP contribution in [0.1, 0.15) is 35.2 Å². The zero-order chi connectivity index (χ0) is 23.4. The number of carbonyl (C=O) groups excluding carboxylic acids is 1. The van der Waals surface area contributed by atoms with Crippen LogP contribution >= 0.6 is 0 Å². The summed E-state index contributed by atoms with van der Waals surface area (Å²) in [7, 11) is -0.853. The summed E-state index contributed by atoms with van der Waals surface area (Å²) < 4.78 is 42.7. The van der Waals surface area contributed by atoms with Crippen molar-refractivity contribution in [3.05, 3.63) is 66.0 Å². The Morgan fingerprint density at radius 1 is 1.15 bits per heavy atom. The molecule has 0 spiro atoms. The van der Waals surface area contributed by atoms with Crippen LogP contribution in [0.2, 0.25) is 0 Å². The largest absolute Gasteiger partial charge is 0.496 e. The van der Waals surface area contributed by atoms with Gasteiger partial charge in [-0.1, -0.05) is 12.1 Å². The summed E-state index contributed by atoms with van der Waals surface area (Å²) in [6, 6.07) is 11.7. The molecular weight excluding hydrogens is 444 g/mol. The fraction of sp³-hybridized carbons (Fsp3) is 0.304. The van der Waals surface area contributed by atoms with Crippen molar-refractivity contribution in [3.8, 4) is 17.2 Å². The molecule has 0 saturated heterocycles. The second kappa shape index (κ2) is 9.53. The molecule has 33 heavy (non-hydrogen) atoms. The van der Waals surface area contributed by atoms with E-state index in [1.165, 1.54) is 14.2 Å². The van der Waals surface area contributed by atoms with Gasteiger partial charge in [0.1, 0.15) is 17.2 Å². The molecule has 1 atom stereocenters. The van der Waals surface area contributed by atoms with Crippen molar-refractivity contribution in [1.29, 1.82) is 4.78 Å². The van der Waals surface area contributed by atoms with Crippen molar-refractivity contribution < 1.29 is 23.2 Å². The van der Waals surface area contributed by atoms with Crippen LogP contribution in [-0.2, 0) is 16.5 Å². The van der Waals surface area contributed by atoms with E-state index in [0.29, 0.717) is 12.3 Å². The summed E-state index contributed by atoms with van der Waals surface area (Å²) >= 11 is 0. The van der Waals surface area contributed by atoms with E-state index in [-0.39, 0.29) is 28.1 Å². The van der Waals surface area contributed by atoms with Gasteiger partial charge in [0.25, 0.3) is 5.91 Å². The zero-order valence-electron chi connectivity index (χ0n) is 18.4. The fourth-order valence-corrected chi connectivity index (χ4v) is 4.84. The Bertz CT molecular complexity index is 1240. The number of rotatable bonds is 9. The molecule has 1 aliphatic carbocycles. The van der Waals surface area contributed by atoms with Crippen LogP contribution in [0.4, 0.5) is 0 Å². The normalized spacial score (nSPS) is 15.2. The maximum atomic E-state index is 13.4.